The van der Waals surface area contributed by atoms with Gasteiger partial charge in [0.2, 0.25) is 0 Å². The van der Waals surface area contributed by atoms with E-state index in [-0.39, 0.29) is 23.2 Å². The molecule has 0 heterocycles. The molecule has 1 aromatic rings. The average Bonchev–Trinajstić information content (AvgIpc) is 2.44. The van der Waals surface area contributed by atoms with Crippen LogP contribution in [0.15, 0.2) is 18.2 Å². The van der Waals surface area contributed by atoms with E-state index in [1.54, 1.807) is 20.2 Å². The van der Waals surface area contributed by atoms with Crippen LogP contribution in [0.1, 0.15) is 23.7 Å². The van der Waals surface area contributed by atoms with Gasteiger partial charge in [-0.3, -0.25) is 14.9 Å². The smallest absolute Gasteiger partial charge is 0.293 e. The van der Waals surface area contributed by atoms with Crippen molar-refractivity contribution in [1.29, 1.82) is 0 Å². The van der Waals surface area contributed by atoms with E-state index in [4.69, 9.17) is 4.74 Å². The largest absolute Gasteiger partial charge is 0.385 e. The summed E-state index contributed by atoms with van der Waals surface area (Å²) in [4.78, 5) is 22.4. The Kier molecular flexibility index (Phi) is 5.92. The molecule has 20 heavy (non-hydrogen) atoms. The van der Waals surface area contributed by atoms with Crippen molar-refractivity contribution in [3.05, 3.63) is 33.9 Å². The first-order chi connectivity index (χ1) is 9.49. The number of amides is 1. The number of anilines is 1. The van der Waals surface area contributed by atoms with Crippen LogP contribution >= 0.6 is 0 Å². The monoisotopic (exact) mass is 281 g/mol. The Morgan fingerprint density at radius 2 is 2.20 bits per heavy atom. The predicted octanol–water partition coefficient (Wildman–Crippen LogP) is 1.79. The number of hydrogen-bond acceptors (Lipinski definition) is 5. The lowest BCUT2D eigenvalue weighted by Crippen LogP contribution is -2.33. The molecule has 0 bridgehead atoms. The predicted molar refractivity (Wildman–Crippen MR) is 76.1 cm³/mol. The van der Waals surface area contributed by atoms with Crippen molar-refractivity contribution >= 4 is 17.3 Å². The molecule has 1 aromatic carbocycles. The molecule has 7 heteroatoms. The first-order valence-corrected chi connectivity index (χ1v) is 6.25. The number of carbonyl (C=O) groups is 1. The third kappa shape index (κ3) is 4.20. The quantitative estimate of drug-likeness (QED) is 0.587. The van der Waals surface area contributed by atoms with Crippen molar-refractivity contribution in [2.45, 2.75) is 19.4 Å². The molecular formula is C13H19N3O4. The van der Waals surface area contributed by atoms with Gasteiger partial charge in [-0.1, -0.05) is 0 Å². The number of nitro benzene ring substituents is 1. The zero-order chi connectivity index (χ0) is 15.1. The standard InChI is InChI=1S/C13H19N3O4/c1-9(6-7-20-3)15-13(17)10-4-5-11(14-2)12(8-10)16(18)19/h4-5,8-9,14H,6-7H2,1-3H3,(H,15,17). The SMILES string of the molecule is CNc1ccc(C(=O)NC(C)CCOC)cc1[N+](=O)[O-]. The van der Waals surface area contributed by atoms with Crippen LogP contribution in [0.5, 0.6) is 0 Å². The zero-order valence-electron chi connectivity index (χ0n) is 11.8. The molecule has 1 atom stereocenters. The Morgan fingerprint density at radius 3 is 2.75 bits per heavy atom. The van der Waals surface area contributed by atoms with Crippen LogP contribution in [0.4, 0.5) is 11.4 Å². The Hall–Kier alpha value is -2.15. The van der Waals surface area contributed by atoms with Gasteiger partial charge >= 0.3 is 0 Å². The Bertz CT molecular complexity index is 491. The zero-order valence-corrected chi connectivity index (χ0v) is 11.8. The van der Waals surface area contributed by atoms with Gasteiger partial charge in [-0.15, -0.1) is 0 Å². The second-order valence-corrected chi connectivity index (χ2v) is 4.40. The van der Waals surface area contributed by atoms with Gasteiger partial charge in [0, 0.05) is 38.4 Å². The highest BCUT2D eigenvalue weighted by Gasteiger charge is 2.17. The number of nitrogens with one attached hydrogen (secondary N) is 2. The van der Waals surface area contributed by atoms with E-state index < -0.39 is 4.92 Å². The van der Waals surface area contributed by atoms with Crippen molar-refractivity contribution < 1.29 is 14.5 Å². The lowest BCUT2D eigenvalue weighted by molar-refractivity contribution is -0.384. The molecule has 1 unspecified atom stereocenters. The van der Waals surface area contributed by atoms with Gasteiger partial charge in [0.05, 0.1) is 4.92 Å². The maximum absolute atomic E-state index is 12.0. The molecule has 0 aliphatic heterocycles. The summed E-state index contributed by atoms with van der Waals surface area (Å²) >= 11 is 0. The fourth-order valence-electron chi connectivity index (χ4n) is 1.71. The summed E-state index contributed by atoms with van der Waals surface area (Å²) in [6, 6.07) is 4.28. The van der Waals surface area contributed by atoms with E-state index in [0.717, 1.165) is 0 Å². The summed E-state index contributed by atoms with van der Waals surface area (Å²) in [6.07, 6.45) is 0.679. The van der Waals surface area contributed by atoms with Crippen molar-refractivity contribution in [2.24, 2.45) is 0 Å². The summed E-state index contributed by atoms with van der Waals surface area (Å²) in [5.41, 5.74) is 0.517. The molecule has 7 nitrogen and oxygen atoms in total. The van der Waals surface area contributed by atoms with E-state index in [1.807, 2.05) is 6.92 Å². The maximum atomic E-state index is 12.0. The molecule has 1 rings (SSSR count). The van der Waals surface area contributed by atoms with Crippen molar-refractivity contribution in [1.82, 2.24) is 5.32 Å². The van der Waals surface area contributed by atoms with Crippen LogP contribution in [-0.4, -0.2) is 37.6 Å². The van der Waals surface area contributed by atoms with E-state index in [2.05, 4.69) is 10.6 Å². The second-order valence-electron chi connectivity index (χ2n) is 4.40. The van der Waals surface area contributed by atoms with Crippen molar-refractivity contribution in [3.8, 4) is 0 Å². The third-order valence-corrected chi connectivity index (χ3v) is 2.86. The van der Waals surface area contributed by atoms with Crippen molar-refractivity contribution in [3.63, 3.8) is 0 Å². The van der Waals surface area contributed by atoms with Gasteiger partial charge in [0.25, 0.3) is 11.6 Å². The molecule has 1 amide bonds. The van der Waals surface area contributed by atoms with Crippen LogP contribution in [-0.2, 0) is 4.74 Å². The molecule has 0 saturated carbocycles. The molecule has 0 fully saturated rings. The first-order valence-electron chi connectivity index (χ1n) is 6.25. The number of benzene rings is 1. The van der Waals surface area contributed by atoms with Gasteiger partial charge < -0.3 is 15.4 Å². The highest BCUT2D eigenvalue weighted by Crippen LogP contribution is 2.24. The van der Waals surface area contributed by atoms with Crippen LogP contribution < -0.4 is 10.6 Å². The fraction of sp³-hybridized carbons (Fsp3) is 0.462. The van der Waals surface area contributed by atoms with Crippen molar-refractivity contribution in [2.75, 3.05) is 26.1 Å². The maximum Gasteiger partial charge on any atom is 0.293 e. The third-order valence-electron chi connectivity index (χ3n) is 2.86. The topological polar surface area (TPSA) is 93.5 Å². The molecular weight excluding hydrogens is 262 g/mol. The summed E-state index contributed by atoms with van der Waals surface area (Å²) in [5, 5.41) is 16.4. The summed E-state index contributed by atoms with van der Waals surface area (Å²) in [5.74, 6) is -0.334. The Morgan fingerprint density at radius 1 is 1.50 bits per heavy atom. The lowest BCUT2D eigenvalue weighted by Gasteiger charge is -2.13. The number of nitro groups is 1. The normalized spacial score (nSPS) is 11.8. The van der Waals surface area contributed by atoms with Crippen LogP contribution in [0.3, 0.4) is 0 Å². The Balaban J connectivity index is 2.83. The highest BCUT2D eigenvalue weighted by atomic mass is 16.6. The van der Waals surface area contributed by atoms with Gasteiger partial charge in [-0.25, -0.2) is 0 Å². The number of nitrogens with zero attached hydrogens (tertiary/aromatic N) is 1. The Labute approximate surface area is 117 Å². The van der Waals surface area contributed by atoms with E-state index in [0.29, 0.717) is 18.7 Å². The summed E-state index contributed by atoms with van der Waals surface area (Å²) in [7, 11) is 3.18. The van der Waals surface area contributed by atoms with Crippen LogP contribution in [0, 0.1) is 10.1 Å². The average molecular weight is 281 g/mol. The fourth-order valence-corrected chi connectivity index (χ4v) is 1.71. The van der Waals surface area contributed by atoms with Gasteiger partial charge in [-0.05, 0) is 25.5 Å². The van der Waals surface area contributed by atoms with Gasteiger partial charge in [0.15, 0.2) is 0 Å². The molecule has 2 N–H and O–H groups in total. The molecule has 0 saturated heterocycles. The molecule has 0 aliphatic carbocycles. The van der Waals surface area contributed by atoms with E-state index in [9.17, 15) is 14.9 Å². The number of carbonyl (C=O) groups excluding carboxylic acids is 1. The van der Waals surface area contributed by atoms with Crippen LogP contribution in [0.25, 0.3) is 0 Å². The minimum absolute atomic E-state index is 0.0644. The molecule has 110 valence electrons. The number of rotatable bonds is 7. The number of methoxy groups -OCH3 is 1. The number of ether oxygens (including phenoxy) is 1. The summed E-state index contributed by atoms with van der Waals surface area (Å²) in [6.45, 7) is 2.40. The minimum atomic E-state index is -0.517. The highest BCUT2D eigenvalue weighted by molar-refractivity contribution is 5.95. The molecule has 0 aromatic heterocycles. The lowest BCUT2D eigenvalue weighted by atomic mass is 10.1. The van der Waals surface area contributed by atoms with E-state index >= 15 is 0 Å². The second kappa shape index (κ2) is 7.44. The molecule has 0 aliphatic rings. The van der Waals surface area contributed by atoms with Gasteiger partial charge in [-0.2, -0.15) is 0 Å². The first kappa shape index (κ1) is 15.9. The molecule has 0 radical (unpaired) electrons. The van der Waals surface area contributed by atoms with Crippen LogP contribution in [0.2, 0.25) is 0 Å². The minimum Gasteiger partial charge on any atom is -0.385 e. The van der Waals surface area contributed by atoms with Gasteiger partial charge in [0.1, 0.15) is 5.69 Å². The molecule has 0 spiro atoms. The number of hydrogen-bond donors (Lipinski definition) is 2. The van der Waals surface area contributed by atoms with E-state index in [1.165, 1.54) is 12.1 Å². The summed E-state index contributed by atoms with van der Waals surface area (Å²) < 4.78 is 4.93.